The second-order valence-corrected chi connectivity index (χ2v) is 4.57. The van der Waals surface area contributed by atoms with Crippen molar-refractivity contribution in [2.24, 2.45) is 7.05 Å². The molecule has 1 aromatic rings. The van der Waals surface area contributed by atoms with E-state index in [1.54, 1.807) is 25.6 Å². The van der Waals surface area contributed by atoms with Gasteiger partial charge in [-0.1, -0.05) is 0 Å². The van der Waals surface area contributed by atoms with Crippen LogP contribution < -0.4 is 10.6 Å². The molecule has 0 saturated heterocycles. The second kappa shape index (κ2) is 5.54. The molecule has 0 aromatic carbocycles. The van der Waals surface area contributed by atoms with Gasteiger partial charge in [0.2, 0.25) is 5.91 Å². The highest BCUT2D eigenvalue weighted by molar-refractivity contribution is 5.84. The minimum Gasteiger partial charge on any atom is -0.358 e. The Labute approximate surface area is 107 Å². The Morgan fingerprint density at radius 3 is 2.56 bits per heavy atom. The van der Waals surface area contributed by atoms with Gasteiger partial charge in [0.15, 0.2) is 0 Å². The molecule has 1 atom stereocenters. The Kier molecular flexibility index (Phi) is 4.32. The van der Waals surface area contributed by atoms with E-state index in [4.69, 9.17) is 5.26 Å². The molecule has 1 unspecified atom stereocenters. The molecular weight excluding hydrogens is 230 g/mol. The predicted octanol–water partition coefficient (Wildman–Crippen LogP) is 0.925. The van der Waals surface area contributed by atoms with E-state index in [2.05, 4.69) is 21.8 Å². The fourth-order valence-corrected chi connectivity index (χ4v) is 1.64. The van der Waals surface area contributed by atoms with Crippen molar-refractivity contribution in [1.29, 1.82) is 5.26 Å². The number of aryl methyl sites for hydroxylation is 2. The van der Waals surface area contributed by atoms with Crippen LogP contribution in [0.3, 0.4) is 0 Å². The molecule has 0 aliphatic heterocycles. The number of anilines is 1. The second-order valence-electron chi connectivity index (χ2n) is 4.57. The molecule has 0 aliphatic carbocycles. The monoisotopic (exact) mass is 249 g/mol. The largest absolute Gasteiger partial charge is 0.358 e. The lowest BCUT2D eigenvalue weighted by molar-refractivity contribution is -0.122. The number of aromatic nitrogens is 2. The smallest absolute Gasteiger partial charge is 0.242 e. The van der Waals surface area contributed by atoms with Crippen molar-refractivity contribution < 1.29 is 4.79 Å². The van der Waals surface area contributed by atoms with Crippen LogP contribution in [-0.4, -0.2) is 27.8 Å². The quantitative estimate of drug-likeness (QED) is 0.831. The van der Waals surface area contributed by atoms with Crippen LogP contribution in [0.5, 0.6) is 0 Å². The molecule has 0 spiro atoms. The highest BCUT2D eigenvalue weighted by atomic mass is 16.2. The fourth-order valence-electron chi connectivity index (χ4n) is 1.64. The Morgan fingerprint density at radius 1 is 1.44 bits per heavy atom. The van der Waals surface area contributed by atoms with Gasteiger partial charge in [0.05, 0.1) is 5.69 Å². The highest BCUT2D eigenvalue weighted by Gasteiger charge is 2.19. The maximum Gasteiger partial charge on any atom is 0.242 e. The lowest BCUT2D eigenvalue weighted by Crippen LogP contribution is -2.41. The number of nitrogens with zero attached hydrogens (tertiary/aromatic N) is 3. The Hall–Kier alpha value is -2.03. The van der Waals surface area contributed by atoms with Crippen LogP contribution in [-0.2, 0) is 11.8 Å². The van der Waals surface area contributed by atoms with E-state index < -0.39 is 6.04 Å². The molecule has 6 heteroatoms. The number of carbonyl (C=O) groups is 1. The Bertz CT molecular complexity index is 483. The molecule has 1 aromatic heterocycles. The summed E-state index contributed by atoms with van der Waals surface area (Å²) in [5.74, 6) is 0.467. The molecule has 0 bridgehead atoms. The zero-order valence-electron chi connectivity index (χ0n) is 11.4. The zero-order valence-corrected chi connectivity index (χ0v) is 11.4. The lowest BCUT2D eigenvalue weighted by atomic mass is 10.2. The van der Waals surface area contributed by atoms with Crippen molar-refractivity contribution in [3.8, 4) is 6.07 Å². The van der Waals surface area contributed by atoms with Gasteiger partial charge in [0.25, 0.3) is 0 Å². The molecule has 0 aliphatic rings. The maximum absolute atomic E-state index is 11.8. The van der Waals surface area contributed by atoms with Crippen LogP contribution in [0.2, 0.25) is 0 Å². The van der Waals surface area contributed by atoms with Crippen molar-refractivity contribution >= 4 is 11.7 Å². The van der Waals surface area contributed by atoms with E-state index in [-0.39, 0.29) is 11.9 Å². The van der Waals surface area contributed by atoms with Crippen molar-refractivity contribution in [2.45, 2.75) is 39.8 Å². The van der Waals surface area contributed by atoms with Gasteiger partial charge in [-0.3, -0.25) is 9.48 Å². The van der Waals surface area contributed by atoms with Crippen molar-refractivity contribution in [2.75, 3.05) is 5.32 Å². The van der Waals surface area contributed by atoms with Crippen molar-refractivity contribution in [3.63, 3.8) is 0 Å². The van der Waals surface area contributed by atoms with Gasteiger partial charge in [-0.05, 0) is 27.7 Å². The molecule has 98 valence electrons. The van der Waals surface area contributed by atoms with Gasteiger partial charge >= 0.3 is 0 Å². The first-order valence-corrected chi connectivity index (χ1v) is 5.87. The van der Waals surface area contributed by atoms with Crippen LogP contribution in [0.25, 0.3) is 0 Å². The predicted molar refractivity (Wildman–Crippen MR) is 69.0 cm³/mol. The third-order valence-electron chi connectivity index (χ3n) is 2.51. The summed E-state index contributed by atoms with van der Waals surface area (Å²) < 4.78 is 1.58. The van der Waals surface area contributed by atoms with Crippen LogP contribution in [0.1, 0.15) is 32.0 Å². The van der Waals surface area contributed by atoms with E-state index in [1.807, 2.05) is 13.8 Å². The maximum atomic E-state index is 11.8. The molecule has 0 saturated carbocycles. The number of carbonyl (C=O) groups excluding carboxylic acids is 1. The minimum atomic E-state index is -0.422. The SMILES string of the molecule is Cc1nn(C)c(NC(C)C(=O)NC(C)C)c1C#N. The number of hydrogen-bond donors (Lipinski definition) is 2. The normalized spacial score (nSPS) is 12.1. The fraction of sp³-hybridized carbons (Fsp3) is 0.583. The minimum absolute atomic E-state index is 0.0884. The molecule has 6 nitrogen and oxygen atoms in total. The average molecular weight is 249 g/mol. The molecule has 0 fully saturated rings. The van der Waals surface area contributed by atoms with Gasteiger partial charge in [0, 0.05) is 13.1 Å². The number of hydrogen-bond acceptors (Lipinski definition) is 4. The number of amides is 1. The third kappa shape index (κ3) is 3.00. The van der Waals surface area contributed by atoms with Crippen molar-refractivity contribution in [1.82, 2.24) is 15.1 Å². The summed E-state index contributed by atoms with van der Waals surface area (Å²) in [4.78, 5) is 11.8. The van der Waals surface area contributed by atoms with Gasteiger partial charge in [-0.2, -0.15) is 10.4 Å². The van der Waals surface area contributed by atoms with E-state index in [9.17, 15) is 4.79 Å². The summed E-state index contributed by atoms with van der Waals surface area (Å²) in [5.41, 5.74) is 1.13. The van der Waals surface area contributed by atoms with E-state index >= 15 is 0 Å². The Morgan fingerprint density at radius 2 is 2.06 bits per heavy atom. The summed E-state index contributed by atoms with van der Waals surface area (Å²) in [7, 11) is 1.74. The number of nitrogens with one attached hydrogen (secondary N) is 2. The van der Waals surface area contributed by atoms with E-state index in [0.717, 1.165) is 0 Å². The van der Waals surface area contributed by atoms with Gasteiger partial charge < -0.3 is 10.6 Å². The van der Waals surface area contributed by atoms with Gasteiger partial charge in [0.1, 0.15) is 23.5 Å². The summed E-state index contributed by atoms with van der Waals surface area (Å²) in [6, 6.07) is 1.76. The zero-order chi connectivity index (χ0) is 13.9. The summed E-state index contributed by atoms with van der Waals surface area (Å²) in [6.07, 6.45) is 0. The van der Waals surface area contributed by atoms with Crippen LogP contribution in [0.4, 0.5) is 5.82 Å². The first kappa shape index (κ1) is 14.0. The number of rotatable bonds is 4. The molecule has 1 heterocycles. The van der Waals surface area contributed by atoms with Crippen LogP contribution >= 0.6 is 0 Å². The molecule has 18 heavy (non-hydrogen) atoms. The van der Waals surface area contributed by atoms with Gasteiger partial charge in [-0.25, -0.2) is 0 Å². The van der Waals surface area contributed by atoms with Crippen LogP contribution in [0.15, 0.2) is 0 Å². The molecular formula is C12H19N5O. The summed E-state index contributed by atoms with van der Waals surface area (Å²) in [5, 5.41) is 19.1. The Balaban J connectivity index is 2.85. The summed E-state index contributed by atoms with van der Waals surface area (Å²) in [6.45, 7) is 7.32. The van der Waals surface area contributed by atoms with Crippen LogP contribution in [0, 0.1) is 18.3 Å². The molecule has 2 N–H and O–H groups in total. The summed E-state index contributed by atoms with van der Waals surface area (Å²) >= 11 is 0. The highest BCUT2D eigenvalue weighted by Crippen LogP contribution is 2.18. The first-order chi connectivity index (χ1) is 8.36. The standard InChI is InChI=1S/C12H19N5O/c1-7(2)14-12(18)9(4)15-11-10(6-13)8(3)16-17(11)5/h7,9,15H,1-5H3,(H,14,18). The molecule has 1 amide bonds. The number of nitriles is 1. The molecule has 0 radical (unpaired) electrons. The van der Waals surface area contributed by atoms with E-state index in [0.29, 0.717) is 17.1 Å². The van der Waals surface area contributed by atoms with E-state index in [1.165, 1.54) is 0 Å². The van der Waals surface area contributed by atoms with Crippen molar-refractivity contribution in [3.05, 3.63) is 11.3 Å². The topological polar surface area (TPSA) is 82.7 Å². The van der Waals surface area contributed by atoms with Gasteiger partial charge in [-0.15, -0.1) is 0 Å². The lowest BCUT2D eigenvalue weighted by Gasteiger charge is -2.17. The first-order valence-electron chi connectivity index (χ1n) is 5.87. The average Bonchev–Trinajstić information content (AvgIpc) is 2.52. The third-order valence-corrected chi connectivity index (χ3v) is 2.51. The molecule has 1 rings (SSSR count).